The number of para-hydroxylation sites is 1. The van der Waals surface area contributed by atoms with Crippen molar-refractivity contribution in [3.05, 3.63) is 72.1 Å². The maximum Gasteiger partial charge on any atom is 0.234 e. The van der Waals surface area contributed by atoms with E-state index >= 15 is 0 Å². The van der Waals surface area contributed by atoms with Gasteiger partial charge >= 0.3 is 0 Å². The molecule has 0 saturated heterocycles. The summed E-state index contributed by atoms with van der Waals surface area (Å²) in [7, 11) is 0. The third-order valence-corrected chi connectivity index (χ3v) is 5.69. The lowest BCUT2D eigenvalue weighted by Gasteiger charge is -2.14. The molecule has 0 saturated carbocycles. The molecule has 30 heavy (non-hydrogen) atoms. The Labute approximate surface area is 180 Å². The van der Waals surface area contributed by atoms with Crippen LogP contribution in [0.3, 0.4) is 0 Å². The summed E-state index contributed by atoms with van der Waals surface area (Å²) in [5, 5.41) is 12.2. The van der Waals surface area contributed by atoms with Crippen molar-refractivity contribution in [2.24, 2.45) is 0 Å². The van der Waals surface area contributed by atoms with E-state index in [1.807, 2.05) is 22.8 Å². The molecule has 0 atom stereocenters. The van der Waals surface area contributed by atoms with Crippen molar-refractivity contribution in [1.82, 2.24) is 14.8 Å². The highest BCUT2D eigenvalue weighted by atomic mass is 32.2. The fourth-order valence-corrected chi connectivity index (χ4v) is 3.96. The third-order valence-electron chi connectivity index (χ3n) is 4.73. The zero-order valence-corrected chi connectivity index (χ0v) is 18.0. The zero-order valence-electron chi connectivity index (χ0n) is 17.2. The van der Waals surface area contributed by atoms with E-state index in [2.05, 4.69) is 35.9 Å². The standard InChI is InChI=1S/C23H25FN4OS/c1-4-14-28-22(18-10-12-19(24)13-11-18)26-27-23(28)30-15-20(29)25-21-16(5-2)8-7-9-17(21)6-3/h4,7-13H,1,5-6,14-15H2,2-3H3,(H,25,29). The van der Waals surface area contributed by atoms with Gasteiger partial charge in [-0.05, 0) is 48.2 Å². The van der Waals surface area contributed by atoms with Crippen molar-refractivity contribution < 1.29 is 9.18 Å². The van der Waals surface area contributed by atoms with Crippen molar-refractivity contribution in [3.8, 4) is 11.4 Å². The monoisotopic (exact) mass is 424 g/mol. The van der Waals surface area contributed by atoms with Gasteiger partial charge in [-0.25, -0.2) is 4.39 Å². The van der Waals surface area contributed by atoms with E-state index < -0.39 is 0 Å². The third kappa shape index (κ3) is 4.97. The molecular weight excluding hydrogens is 399 g/mol. The number of rotatable bonds is 9. The van der Waals surface area contributed by atoms with E-state index in [0.717, 1.165) is 35.2 Å². The second-order valence-electron chi connectivity index (χ2n) is 6.71. The van der Waals surface area contributed by atoms with Crippen LogP contribution in [-0.4, -0.2) is 26.4 Å². The van der Waals surface area contributed by atoms with Crippen LogP contribution in [0.15, 0.2) is 60.3 Å². The van der Waals surface area contributed by atoms with Crippen molar-refractivity contribution in [1.29, 1.82) is 0 Å². The first-order valence-electron chi connectivity index (χ1n) is 9.90. The number of hydrogen-bond acceptors (Lipinski definition) is 4. The van der Waals surface area contributed by atoms with Gasteiger partial charge in [0, 0.05) is 17.8 Å². The number of anilines is 1. The van der Waals surface area contributed by atoms with Crippen LogP contribution >= 0.6 is 11.8 Å². The second-order valence-corrected chi connectivity index (χ2v) is 7.65. The van der Waals surface area contributed by atoms with Gasteiger partial charge in [-0.3, -0.25) is 9.36 Å². The normalized spacial score (nSPS) is 10.8. The molecule has 2 aromatic carbocycles. The number of amides is 1. The fraction of sp³-hybridized carbons (Fsp3) is 0.261. The quantitative estimate of drug-likeness (QED) is 0.382. The highest BCUT2D eigenvalue weighted by molar-refractivity contribution is 7.99. The van der Waals surface area contributed by atoms with Gasteiger partial charge in [0.15, 0.2) is 11.0 Å². The largest absolute Gasteiger partial charge is 0.325 e. The molecule has 0 fully saturated rings. The summed E-state index contributed by atoms with van der Waals surface area (Å²) in [5.41, 5.74) is 3.92. The summed E-state index contributed by atoms with van der Waals surface area (Å²) in [5.74, 6) is 0.424. The second kappa shape index (κ2) is 10.2. The lowest BCUT2D eigenvalue weighted by atomic mass is 10.0. The topological polar surface area (TPSA) is 59.8 Å². The van der Waals surface area contributed by atoms with Crippen molar-refractivity contribution >= 4 is 23.4 Å². The number of benzene rings is 2. The minimum absolute atomic E-state index is 0.0907. The molecule has 1 heterocycles. The van der Waals surface area contributed by atoms with Crippen LogP contribution in [0, 0.1) is 5.82 Å². The van der Waals surface area contributed by atoms with Gasteiger partial charge in [0.1, 0.15) is 5.82 Å². The van der Waals surface area contributed by atoms with Crippen LogP contribution in [-0.2, 0) is 24.2 Å². The molecule has 0 aliphatic heterocycles. The van der Waals surface area contributed by atoms with E-state index in [0.29, 0.717) is 17.5 Å². The lowest BCUT2D eigenvalue weighted by molar-refractivity contribution is -0.113. The Bertz CT molecular complexity index is 1010. The van der Waals surface area contributed by atoms with E-state index in [4.69, 9.17) is 0 Å². The molecule has 156 valence electrons. The summed E-state index contributed by atoms with van der Waals surface area (Å²) in [6, 6.07) is 12.2. The first kappa shape index (κ1) is 21.8. The summed E-state index contributed by atoms with van der Waals surface area (Å²) >= 11 is 1.32. The highest BCUT2D eigenvalue weighted by Gasteiger charge is 2.16. The molecule has 0 aliphatic carbocycles. The van der Waals surface area contributed by atoms with Gasteiger partial charge in [-0.15, -0.1) is 16.8 Å². The van der Waals surface area contributed by atoms with Crippen LogP contribution in [0.2, 0.25) is 0 Å². The van der Waals surface area contributed by atoms with Crippen molar-refractivity contribution in [2.45, 2.75) is 38.4 Å². The molecule has 1 amide bonds. The summed E-state index contributed by atoms with van der Waals surface area (Å²) in [6.07, 6.45) is 3.45. The van der Waals surface area contributed by atoms with Gasteiger partial charge in [0.25, 0.3) is 0 Å². The Morgan fingerprint density at radius 3 is 2.40 bits per heavy atom. The van der Waals surface area contributed by atoms with Crippen LogP contribution in [0.5, 0.6) is 0 Å². The number of halogens is 1. The van der Waals surface area contributed by atoms with E-state index in [-0.39, 0.29) is 17.5 Å². The maximum absolute atomic E-state index is 13.2. The number of nitrogens with one attached hydrogen (secondary N) is 1. The highest BCUT2D eigenvalue weighted by Crippen LogP contribution is 2.26. The summed E-state index contributed by atoms with van der Waals surface area (Å²) < 4.78 is 15.1. The SMILES string of the molecule is C=CCn1c(SCC(=O)Nc2c(CC)cccc2CC)nnc1-c1ccc(F)cc1. The Balaban J connectivity index is 1.75. The molecule has 0 bridgehead atoms. The maximum atomic E-state index is 13.2. The number of aromatic nitrogens is 3. The van der Waals surface area contributed by atoms with E-state index in [1.54, 1.807) is 18.2 Å². The minimum Gasteiger partial charge on any atom is -0.325 e. The molecule has 1 N–H and O–H groups in total. The Kier molecular flexibility index (Phi) is 7.41. The molecule has 0 spiro atoms. The number of carbonyl (C=O) groups excluding carboxylic acids is 1. The molecule has 0 radical (unpaired) electrons. The number of thioether (sulfide) groups is 1. The Morgan fingerprint density at radius 1 is 1.13 bits per heavy atom. The molecular formula is C23H25FN4OS. The van der Waals surface area contributed by atoms with Gasteiger partial charge in [-0.1, -0.05) is 49.9 Å². The molecule has 3 rings (SSSR count). The lowest BCUT2D eigenvalue weighted by Crippen LogP contribution is -2.17. The molecule has 5 nitrogen and oxygen atoms in total. The summed E-state index contributed by atoms with van der Waals surface area (Å²) in [4.78, 5) is 12.7. The van der Waals surface area contributed by atoms with Crippen LogP contribution in [0.4, 0.5) is 10.1 Å². The van der Waals surface area contributed by atoms with Gasteiger partial charge in [-0.2, -0.15) is 0 Å². The van der Waals surface area contributed by atoms with Gasteiger partial charge in [0.05, 0.1) is 5.75 Å². The van der Waals surface area contributed by atoms with Crippen molar-refractivity contribution in [2.75, 3.05) is 11.1 Å². The van der Waals surface area contributed by atoms with Crippen LogP contribution in [0.25, 0.3) is 11.4 Å². The van der Waals surface area contributed by atoms with Gasteiger partial charge < -0.3 is 5.32 Å². The smallest absolute Gasteiger partial charge is 0.234 e. The first-order chi connectivity index (χ1) is 14.6. The molecule has 7 heteroatoms. The number of hydrogen-bond donors (Lipinski definition) is 1. The minimum atomic E-state index is -0.307. The average Bonchev–Trinajstić information content (AvgIpc) is 3.15. The Morgan fingerprint density at radius 2 is 1.80 bits per heavy atom. The average molecular weight is 425 g/mol. The number of nitrogens with zero attached hydrogens (tertiary/aromatic N) is 3. The van der Waals surface area contributed by atoms with Crippen LogP contribution in [0.1, 0.15) is 25.0 Å². The molecule has 3 aromatic rings. The number of aryl methyl sites for hydroxylation is 2. The van der Waals surface area contributed by atoms with Crippen molar-refractivity contribution in [3.63, 3.8) is 0 Å². The number of allylic oxidation sites excluding steroid dienone is 1. The zero-order chi connectivity index (χ0) is 21.5. The molecule has 0 unspecified atom stereocenters. The van der Waals surface area contributed by atoms with Gasteiger partial charge in [0.2, 0.25) is 5.91 Å². The first-order valence-corrected chi connectivity index (χ1v) is 10.9. The molecule has 0 aliphatic rings. The predicted octanol–water partition coefficient (Wildman–Crippen LogP) is 5.13. The van der Waals surface area contributed by atoms with E-state index in [1.165, 1.54) is 23.9 Å². The predicted molar refractivity (Wildman–Crippen MR) is 120 cm³/mol. The van der Waals surface area contributed by atoms with E-state index in [9.17, 15) is 9.18 Å². The number of carbonyl (C=O) groups is 1. The molecule has 1 aromatic heterocycles. The fourth-order valence-electron chi connectivity index (χ4n) is 3.21. The summed E-state index contributed by atoms with van der Waals surface area (Å²) in [6.45, 7) is 8.43. The van der Waals surface area contributed by atoms with Crippen LogP contribution < -0.4 is 5.32 Å². The Hall–Kier alpha value is -2.93.